The molecule has 0 amide bonds. The van der Waals surface area contributed by atoms with E-state index in [2.05, 4.69) is 0 Å². The maximum atomic E-state index is 11.7. The number of benzene rings is 2. The van der Waals surface area contributed by atoms with Gasteiger partial charge in [-0.05, 0) is 30.2 Å². The Morgan fingerprint density at radius 1 is 1.00 bits per heavy atom. The highest BCUT2D eigenvalue weighted by Gasteiger charge is 2.14. The van der Waals surface area contributed by atoms with Crippen molar-refractivity contribution in [2.45, 2.75) is 6.92 Å². The average Bonchev–Trinajstić information content (AvgIpc) is 2.92. The van der Waals surface area contributed by atoms with Gasteiger partial charge >= 0.3 is 5.63 Å². The van der Waals surface area contributed by atoms with Crippen molar-refractivity contribution in [3.05, 3.63) is 70.8 Å². The monoisotopic (exact) mass is 276 g/mol. The second-order valence-electron chi connectivity index (χ2n) is 5.08. The first-order valence-corrected chi connectivity index (χ1v) is 6.74. The Labute approximate surface area is 120 Å². The van der Waals surface area contributed by atoms with E-state index in [0.29, 0.717) is 5.58 Å². The van der Waals surface area contributed by atoms with Gasteiger partial charge in [-0.25, -0.2) is 4.79 Å². The average molecular weight is 276 g/mol. The van der Waals surface area contributed by atoms with E-state index in [1.807, 2.05) is 49.4 Å². The minimum absolute atomic E-state index is 0.340. The fraction of sp³-hybridized carbons (Fsp3) is 0.0556. The highest BCUT2D eigenvalue weighted by atomic mass is 16.4. The summed E-state index contributed by atoms with van der Waals surface area (Å²) in [6.07, 6.45) is 1.71. The molecule has 3 heteroatoms. The van der Waals surface area contributed by atoms with E-state index < -0.39 is 0 Å². The molecule has 0 saturated heterocycles. The normalized spacial score (nSPS) is 11.3. The van der Waals surface area contributed by atoms with Gasteiger partial charge in [0.15, 0.2) is 0 Å². The fourth-order valence-electron chi connectivity index (χ4n) is 2.73. The van der Waals surface area contributed by atoms with E-state index in [1.165, 1.54) is 6.07 Å². The first kappa shape index (κ1) is 12.0. The van der Waals surface area contributed by atoms with Crippen LogP contribution in [0.2, 0.25) is 0 Å². The van der Waals surface area contributed by atoms with Crippen LogP contribution >= 0.6 is 0 Å². The van der Waals surface area contributed by atoms with Gasteiger partial charge in [0.05, 0.1) is 11.6 Å². The van der Waals surface area contributed by atoms with E-state index in [1.54, 1.807) is 6.26 Å². The zero-order chi connectivity index (χ0) is 14.4. The van der Waals surface area contributed by atoms with Crippen molar-refractivity contribution in [2.75, 3.05) is 0 Å². The Balaban J connectivity index is 2.20. The molecule has 3 nitrogen and oxygen atoms in total. The largest absolute Gasteiger partial charge is 0.464 e. The third-order valence-electron chi connectivity index (χ3n) is 3.74. The molecule has 21 heavy (non-hydrogen) atoms. The van der Waals surface area contributed by atoms with Crippen LogP contribution in [0, 0.1) is 6.92 Å². The van der Waals surface area contributed by atoms with Gasteiger partial charge in [0, 0.05) is 17.0 Å². The quantitative estimate of drug-likeness (QED) is 0.480. The maximum absolute atomic E-state index is 11.7. The number of furan rings is 1. The second-order valence-corrected chi connectivity index (χ2v) is 5.08. The molecule has 0 N–H and O–H groups in total. The molecular formula is C18H12O3. The van der Waals surface area contributed by atoms with Gasteiger partial charge in [-0.15, -0.1) is 0 Å². The Bertz CT molecular complexity index is 1010. The Morgan fingerprint density at radius 3 is 2.62 bits per heavy atom. The molecule has 0 aliphatic heterocycles. The number of rotatable bonds is 1. The van der Waals surface area contributed by atoms with Gasteiger partial charge in [-0.3, -0.25) is 0 Å². The lowest BCUT2D eigenvalue weighted by Gasteiger charge is -2.03. The summed E-state index contributed by atoms with van der Waals surface area (Å²) in [7, 11) is 0. The molecule has 2 aromatic carbocycles. The smallest absolute Gasteiger partial charge is 0.336 e. The molecular weight excluding hydrogens is 264 g/mol. The van der Waals surface area contributed by atoms with Crippen LogP contribution in [0.25, 0.3) is 33.1 Å². The SMILES string of the molecule is Cc1cc(=O)oc2c1ccc1occ(-c3ccccc3)c12. The highest BCUT2D eigenvalue weighted by Crippen LogP contribution is 2.36. The summed E-state index contributed by atoms with van der Waals surface area (Å²) < 4.78 is 11.1. The first-order chi connectivity index (χ1) is 10.2. The lowest BCUT2D eigenvalue weighted by molar-refractivity contribution is 0.562. The molecule has 4 aromatic rings. The minimum atomic E-state index is -0.340. The molecule has 0 unspecified atom stereocenters. The van der Waals surface area contributed by atoms with Gasteiger partial charge in [-0.2, -0.15) is 0 Å². The molecule has 0 aliphatic carbocycles. The molecule has 4 rings (SSSR count). The third-order valence-corrected chi connectivity index (χ3v) is 3.74. The van der Waals surface area contributed by atoms with Gasteiger partial charge in [0.2, 0.25) is 0 Å². The van der Waals surface area contributed by atoms with Gasteiger partial charge in [0.1, 0.15) is 11.2 Å². The molecule has 0 spiro atoms. The van der Waals surface area contributed by atoms with Crippen LogP contribution in [-0.2, 0) is 0 Å². The predicted molar refractivity (Wildman–Crippen MR) is 82.4 cm³/mol. The van der Waals surface area contributed by atoms with E-state index >= 15 is 0 Å². The molecule has 2 aromatic heterocycles. The van der Waals surface area contributed by atoms with Crippen LogP contribution < -0.4 is 5.63 Å². The standard InChI is InChI=1S/C18H12O3/c1-11-9-16(19)21-18-13(11)7-8-15-17(18)14(10-20-15)12-5-3-2-4-6-12/h2-10H,1H3. The van der Waals surface area contributed by atoms with Gasteiger partial charge in [-0.1, -0.05) is 30.3 Å². The van der Waals surface area contributed by atoms with Crippen LogP contribution in [-0.4, -0.2) is 0 Å². The number of aryl methyl sites for hydroxylation is 1. The van der Waals surface area contributed by atoms with Crippen LogP contribution in [0.3, 0.4) is 0 Å². The molecule has 2 heterocycles. The molecule has 102 valence electrons. The van der Waals surface area contributed by atoms with Crippen LogP contribution in [0.1, 0.15) is 5.56 Å². The Hall–Kier alpha value is -2.81. The Morgan fingerprint density at radius 2 is 1.81 bits per heavy atom. The minimum Gasteiger partial charge on any atom is -0.464 e. The Kier molecular flexibility index (Phi) is 2.48. The van der Waals surface area contributed by atoms with Crippen molar-refractivity contribution in [3.8, 4) is 11.1 Å². The van der Waals surface area contributed by atoms with Gasteiger partial charge < -0.3 is 8.83 Å². The molecule has 0 radical (unpaired) electrons. The van der Waals surface area contributed by atoms with E-state index in [9.17, 15) is 4.79 Å². The van der Waals surface area contributed by atoms with Gasteiger partial charge in [0.25, 0.3) is 0 Å². The summed E-state index contributed by atoms with van der Waals surface area (Å²) in [4.78, 5) is 11.7. The summed E-state index contributed by atoms with van der Waals surface area (Å²) in [5.74, 6) is 0. The summed E-state index contributed by atoms with van der Waals surface area (Å²) in [6, 6.07) is 15.3. The van der Waals surface area contributed by atoms with Crippen molar-refractivity contribution in [1.29, 1.82) is 0 Å². The maximum Gasteiger partial charge on any atom is 0.336 e. The summed E-state index contributed by atoms with van der Waals surface area (Å²) >= 11 is 0. The van der Waals surface area contributed by atoms with Crippen LogP contribution in [0.15, 0.2) is 68.4 Å². The van der Waals surface area contributed by atoms with Crippen molar-refractivity contribution in [2.24, 2.45) is 0 Å². The molecule has 0 aliphatic rings. The molecule has 0 saturated carbocycles. The van der Waals surface area contributed by atoms with E-state index in [-0.39, 0.29) is 5.63 Å². The van der Waals surface area contributed by atoms with Crippen LogP contribution in [0.4, 0.5) is 0 Å². The van der Waals surface area contributed by atoms with Crippen molar-refractivity contribution in [1.82, 2.24) is 0 Å². The highest BCUT2D eigenvalue weighted by molar-refractivity contribution is 6.10. The lowest BCUT2D eigenvalue weighted by Crippen LogP contribution is -1.97. The zero-order valence-electron chi connectivity index (χ0n) is 11.4. The van der Waals surface area contributed by atoms with E-state index in [4.69, 9.17) is 8.83 Å². The number of fused-ring (bicyclic) bond motifs is 3. The summed E-state index contributed by atoms with van der Waals surface area (Å²) in [6.45, 7) is 1.91. The number of hydrogen-bond acceptors (Lipinski definition) is 3. The number of hydrogen-bond donors (Lipinski definition) is 0. The molecule has 0 atom stereocenters. The van der Waals surface area contributed by atoms with Crippen molar-refractivity contribution < 1.29 is 8.83 Å². The second kappa shape index (κ2) is 4.35. The van der Waals surface area contributed by atoms with Crippen molar-refractivity contribution >= 4 is 21.9 Å². The van der Waals surface area contributed by atoms with E-state index in [0.717, 1.165) is 33.0 Å². The lowest BCUT2D eigenvalue weighted by atomic mass is 10.0. The topological polar surface area (TPSA) is 43.4 Å². The summed E-state index contributed by atoms with van der Waals surface area (Å²) in [5.41, 5.74) is 3.84. The predicted octanol–water partition coefficient (Wildman–Crippen LogP) is 4.51. The zero-order valence-corrected chi connectivity index (χ0v) is 11.4. The third kappa shape index (κ3) is 1.78. The molecule has 0 fully saturated rings. The van der Waals surface area contributed by atoms with Crippen LogP contribution in [0.5, 0.6) is 0 Å². The van der Waals surface area contributed by atoms with Crippen molar-refractivity contribution in [3.63, 3.8) is 0 Å². The summed E-state index contributed by atoms with van der Waals surface area (Å²) in [5, 5.41) is 1.78. The fourth-order valence-corrected chi connectivity index (χ4v) is 2.73. The first-order valence-electron chi connectivity index (χ1n) is 6.74. The molecule has 0 bridgehead atoms.